The summed E-state index contributed by atoms with van der Waals surface area (Å²) >= 11 is 0. The second-order valence-electron chi connectivity index (χ2n) is 6.12. The maximum absolute atomic E-state index is 12.9. The summed E-state index contributed by atoms with van der Waals surface area (Å²) in [7, 11) is 0. The van der Waals surface area contributed by atoms with Crippen molar-refractivity contribution in [3.8, 4) is 0 Å². The zero-order valence-electron chi connectivity index (χ0n) is 14.5. The van der Waals surface area contributed by atoms with Crippen molar-refractivity contribution in [2.45, 2.75) is 0 Å². The van der Waals surface area contributed by atoms with E-state index >= 15 is 0 Å². The van der Waals surface area contributed by atoms with Gasteiger partial charge in [0.25, 0.3) is 5.69 Å². The lowest BCUT2D eigenvalue weighted by molar-refractivity contribution is -0.385. The minimum Gasteiger partial charge on any atom is -0.289 e. The molecule has 1 aliphatic carbocycles. The van der Waals surface area contributed by atoms with Crippen LogP contribution in [0.2, 0.25) is 0 Å². The molecule has 3 aromatic carbocycles. The lowest BCUT2D eigenvalue weighted by atomic mass is 9.82. The summed E-state index contributed by atoms with van der Waals surface area (Å²) < 4.78 is 0. The molecule has 0 spiro atoms. The molecule has 1 N–H and O–H groups in total. The van der Waals surface area contributed by atoms with Crippen LogP contribution in [0.25, 0.3) is 0 Å². The Morgan fingerprint density at radius 1 is 0.821 bits per heavy atom. The number of ketones is 2. The summed E-state index contributed by atoms with van der Waals surface area (Å²) in [5, 5.41) is 15.8. The van der Waals surface area contributed by atoms with Gasteiger partial charge in [-0.1, -0.05) is 42.5 Å². The van der Waals surface area contributed by atoms with E-state index in [1.807, 2.05) is 18.2 Å². The van der Waals surface area contributed by atoms with Gasteiger partial charge in [-0.25, -0.2) is 0 Å². The fourth-order valence-corrected chi connectivity index (χ4v) is 3.18. The number of hydrogen-bond donors (Lipinski definition) is 1. The first kappa shape index (κ1) is 17.3. The Bertz CT molecular complexity index is 1150. The Morgan fingerprint density at radius 3 is 2.14 bits per heavy atom. The van der Waals surface area contributed by atoms with E-state index in [-0.39, 0.29) is 27.8 Å². The zero-order valence-corrected chi connectivity index (χ0v) is 14.5. The number of hydrogen-bond acceptors (Lipinski definition) is 6. The SMILES string of the molecule is O=C1c2ccccc2C(=O)c2c1ccc(/C=N/Nc1ccccc1)c2[N+](=O)[O-]. The molecule has 136 valence electrons. The smallest absolute Gasteiger partial charge is 0.289 e. The quantitative estimate of drug-likeness (QED) is 0.334. The number of carbonyl (C=O) groups excluding carboxylic acids is 2. The molecule has 0 atom stereocenters. The number of fused-ring (bicyclic) bond motifs is 2. The van der Waals surface area contributed by atoms with Crippen molar-refractivity contribution < 1.29 is 14.5 Å². The third-order valence-corrected chi connectivity index (χ3v) is 4.45. The standard InChI is InChI=1S/C21H13N3O4/c25-20-15-8-4-5-9-16(15)21(26)18-17(20)11-10-13(19(18)24(27)28)12-22-23-14-6-2-1-3-7-14/h1-12,23H/b22-12+. The predicted octanol–water partition coefficient (Wildman–Crippen LogP) is 3.82. The fraction of sp³-hybridized carbons (Fsp3) is 0. The van der Waals surface area contributed by atoms with Gasteiger partial charge in [-0.2, -0.15) is 5.10 Å². The molecular formula is C21H13N3O4. The van der Waals surface area contributed by atoms with Crippen molar-refractivity contribution in [3.63, 3.8) is 0 Å². The summed E-state index contributed by atoms with van der Waals surface area (Å²) in [6.07, 6.45) is 1.27. The maximum atomic E-state index is 12.9. The van der Waals surface area contributed by atoms with Gasteiger partial charge in [-0.05, 0) is 24.3 Å². The van der Waals surface area contributed by atoms with E-state index in [4.69, 9.17) is 0 Å². The molecule has 7 heteroatoms. The zero-order chi connectivity index (χ0) is 19.7. The largest absolute Gasteiger partial charge is 0.290 e. The van der Waals surface area contributed by atoms with Crippen LogP contribution in [0.3, 0.4) is 0 Å². The summed E-state index contributed by atoms with van der Waals surface area (Å²) in [5.41, 5.74) is 3.43. The molecule has 3 aromatic rings. The molecule has 28 heavy (non-hydrogen) atoms. The van der Waals surface area contributed by atoms with Crippen LogP contribution in [0.4, 0.5) is 11.4 Å². The highest BCUT2D eigenvalue weighted by Gasteiger charge is 2.36. The highest BCUT2D eigenvalue weighted by molar-refractivity contribution is 6.30. The van der Waals surface area contributed by atoms with Crippen molar-refractivity contribution >= 4 is 29.2 Å². The van der Waals surface area contributed by atoms with Gasteiger partial charge >= 0.3 is 0 Å². The van der Waals surface area contributed by atoms with Crippen LogP contribution in [0.5, 0.6) is 0 Å². The molecule has 0 amide bonds. The van der Waals surface area contributed by atoms with Crippen LogP contribution in [0.1, 0.15) is 37.4 Å². The van der Waals surface area contributed by atoms with E-state index < -0.39 is 22.2 Å². The monoisotopic (exact) mass is 371 g/mol. The van der Waals surface area contributed by atoms with Crippen LogP contribution in [-0.2, 0) is 0 Å². The van der Waals surface area contributed by atoms with E-state index in [9.17, 15) is 19.7 Å². The van der Waals surface area contributed by atoms with Crippen molar-refractivity contribution in [2.75, 3.05) is 5.43 Å². The Kier molecular flexibility index (Phi) is 4.25. The number of carbonyl (C=O) groups is 2. The Morgan fingerprint density at radius 2 is 1.46 bits per heavy atom. The second-order valence-corrected chi connectivity index (χ2v) is 6.12. The number of rotatable bonds is 4. The van der Waals surface area contributed by atoms with Crippen molar-refractivity contribution in [3.05, 3.63) is 105 Å². The molecule has 0 saturated heterocycles. The van der Waals surface area contributed by atoms with E-state index in [2.05, 4.69) is 10.5 Å². The molecule has 0 unspecified atom stereocenters. The molecular weight excluding hydrogens is 358 g/mol. The van der Waals surface area contributed by atoms with Crippen LogP contribution in [0, 0.1) is 10.1 Å². The second kappa shape index (κ2) is 6.88. The number of para-hydroxylation sites is 1. The van der Waals surface area contributed by atoms with E-state index in [1.54, 1.807) is 30.3 Å². The summed E-state index contributed by atoms with van der Waals surface area (Å²) in [6.45, 7) is 0. The normalized spacial score (nSPS) is 12.6. The average Bonchev–Trinajstić information content (AvgIpc) is 2.72. The van der Waals surface area contributed by atoms with Gasteiger partial charge in [-0.3, -0.25) is 25.1 Å². The number of nitro groups is 1. The lowest BCUT2D eigenvalue weighted by Gasteiger charge is -2.17. The highest BCUT2D eigenvalue weighted by atomic mass is 16.6. The minimum absolute atomic E-state index is 0.0311. The number of nitrogens with one attached hydrogen (secondary N) is 1. The van der Waals surface area contributed by atoms with Gasteiger partial charge in [0.05, 0.1) is 22.4 Å². The Balaban J connectivity index is 1.80. The predicted molar refractivity (Wildman–Crippen MR) is 104 cm³/mol. The highest BCUT2D eigenvalue weighted by Crippen LogP contribution is 2.34. The van der Waals surface area contributed by atoms with Gasteiger partial charge in [-0.15, -0.1) is 0 Å². The Labute approximate surface area is 159 Å². The van der Waals surface area contributed by atoms with Gasteiger partial charge in [0.2, 0.25) is 5.78 Å². The van der Waals surface area contributed by atoms with Gasteiger partial charge in [0.1, 0.15) is 5.56 Å². The first-order chi connectivity index (χ1) is 13.6. The van der Waals surface area contributed by atoms with Crippen LogP contribution < -0.4 is 5.43 Å². The number of hydrazone groups is 1. The van der Waals surface area contributed by atoms with E-state index in [0.29, 0.717) is 5.69 Å². The molecule has 0 saturated carbocycles. The number of nitrogens with zero attached hydrogens (tertiary/aromatic N) is 2. The average molecular weight is 371 g/mol. The van der Waals surface area contributed by atoms with Crippen LogP contribution >= 0.6 is 0 Å². The number of benzene rings is 3. The summed E-state index contributed by atoms with van der Waals surface area (Å²) in [4.78, 5) is 36.7. The topological polar surface area (TPSA) is 102 Å². The molecule has 0 bridgehead atoms. The van der Waals surface area contributed by atoms with Crippen LogP contribution in [-0.4, -0.2) is 22.7 Å². The summed E-state index contributed by atoms with van der Waals surface area (Å²) in [6, 6.07) is 18.2. The number of nitro benzene ring substituents is 1. The molecule has 0 radical (unpaired) electrons. The third kappa shape index (κ3) is 2.84. The maximum Gasteiger partial charge on any atom is 0.290 e. The van der Waals surface area contributed by atoms with Gasteiger partial charge < -0.3 is 0 Å². The van der Waals surface area contributed by atoms with Crippen molar-refractivity contribution in [2.24, 2.45) is 5.10 Å². The molecule has 0 heterocycles. The fourth-order valence-electron chi connectivity index (χ4n) is 3.18. The molecule has 4 rings (SSSR count). The van der Waals surface area contributed by atoms with Gasteiger partial charge in [0, 0.05) is 16.7 Å². The van der Waals surface area contributed by atoms with Crippen LogP contribution in [0.15, 0.2) is 71.8 Å². The minimum atomic E-state index is -0.651. The first-order valence-corrected chi connectivity index (χ1v) is 8.42. The van der Waals surface area contributed by atoms with Crippen molar-refractivity contribution in [1.82, 2.24) is 0 Å². The van der Waals surface area contributed by atoms with E-state index in [0.717, 1.165) is 0 Å². The molecule has 0 aromatic heterocycles. The van der Waals surface area contributed by atoms with Gasteiger partial charge in [0.15, 0.2) is 5.78 Å². The first-order valence-electron chi connectivity index (χ1n) is 8.42. The summed E-state index contributed by atoms with van der Waals surface area (Å²) in [5.74, 6) is -0.942. The number of anilines is 1. The lowest BCUT2D eigenvalue weighted by Crippen LogP contribution is -2.22. The molecule has 0 fully saturated rings. The molecule has 7 nitrogen and oxygen atoms in total. The van der Waals surface area contributed by atoms with Crippen molar-refractivity contribution in [1.29, 1.82) is 0 Å². The third-order valence-electron chi connectivity index (χ3n) is 4.45. The molecule has 0 aliphatic heterocycles. The van der Waals surface area contributed by atoms with E-state index in [1.165, 1.54) is 24.4 Å². The Hall–Kier alpha value is -4.13. The molecule has 1 aliphatic rings.